The number of likely N-dealkylation sites (tertiary alicyclic amines) is 1. The molecule has 0 radical (unpaired) electrons. The number of rotatable bonds is 4. The highest BCUT2D eigenvalue weighted by atomic mass is 35.5. The Bertz CT molecular complexity index is 603. The first-order chi connectivity index (χ1) is 9.22. The summed E-state index contributed by atoms with van der Waals surface area (Å²) in [6.07, 6.45) is 1.01. The van der Waals surface area contributed by atoms with Crippen molar-refractivity contribution in [2.24, 2.45) is 5.41 Å². The number of aryl methyl sites for hydroxylation is 1. The third-order valence-electron chi connectivity index (χ3n) is 3.86. The Hall–Kier alpha value is -0.620. The molecule has 20 heavy (non-hydrogen) atoms. The van der Waals surface area contributed by atoms with Gasteiger partial charge in [0.25, 0.3) is 0 Å². The van der Waals surface area contributed by atoms with E-state index in [0.717, 1.165) is 19.5 Å². The molecule has 1 N–H and O–H groups in total. The SMILES string of the molecule is Cc1cc(Cl)ccc1S(=O)(=O)NCC1(C)CCN(C)C1. The van der Waals surface area contributed by atoms with Crippen LogP contribution in [0.1, 0.15) is 18.9 Å². The molecule has 1 heterocycles. The fraction of sp³-hybridized carbons (Fsp3) is 0.571. The Morgan fingerprint density at radius 1 is 1.45 bits per heavy atom. The molecule has 1 fully saturated rings. The summed E-state index contributed by atoms with van der Waals surface area (Å²) in [5.74, 6) is 0. The molecule has 0 aromatic heterocycles. The van der Waals surface area contributed by atoms with Crippen LogP contribution in [-0.2, 0) is 10.0 Å². The van der Waals surface area contributed by atoms with Gasteiger partial charge in [-0.2, -0.15) is 0 Å². The highest BCUT2D eigenvalue weighted by Gasteiger charge is 2.33. The minimum atomic E-state index is -3.48. The quantitative estimate of drug-likeness (QED) is 0.927. The van der Waals surface area contributed by atoms with E-state index < -0.39 is 10.0 Å². The number of benzene rings is 1. The lowest BCUT2D eigenvalue weighted by molar-refractivity contribution is 0.310. The lowest BCUT2D eigenvalue weighted by Crippen LogP contribution is -2.37. The van der Waals surface area contributed by atoms with Crippen molar-refractivity contribution >= 4 is 21.6 Å². The second-order valence-electron chi connectivity index (χ2n) is 6.03. The van der Waals surface area contributed by atoms with E-state index in [1.807, 2.05) is 0 Å². The van der Waals surface area contributed by atoms with Gasteiger partial charge in [-0.3, -0.25) is 0 Å². The van der Waals surface area contributed by atoms with Gasteiger partial charge in [0.1, 0.15) is 0 Å². The summed E-state index contributed by atoms with van der Waals surface area (Å²) in [4.78, 5) is 2.53. The summed E-state index contributed by atoms with van der Waals surface area (Å²) >= 11 is 5.87. The minimum Gasteiger partial charge on any atom is -0.306 e. The van der Waals surface area contributed by atoms with Crippen LogP contribution >= 0.6 is 11.6 Å². The number of nitrogens with zero attached hydrogens (tertiary/aromatic N) is 1. The van der Waals surface area contributed by atoms with Gasteiger partial charge in [0.2, 0.25) is 10.0 Å². The molecule has 0 saturated carbocycles. The zero-order chi connectivity index (χ0) is 15.0. The molecule has 1 aliphatic rings. The summed E-state index contributed by atoms with van der Waals surface area (Å²) in [7, 11) is -1.42. The summed E-state index contributed by atoms with van der Waals surface area (Å²) in [5.41, 5.74) is 0.668. The minimum absolute atomic E-state index is 0.00213. The van der Waals surface area contributed by atoms with E-state index in [4.69, 9.17) is 11.6 Å². The van der Waals surface area contributed by atoms with Crippen molar-refractivity contribution in [2.75, 3.05) is 26.7 Å². The average molecular weight is 317 g/mol. The van der Waals surface area contributed by atoms with Gasteiger partial charge in [-0.05, 0) is 56.1 Å². The van der Waals surface area contributed by atoms with Gasteiger partial charge in [-0.25, -0.2) is 13.1 Å². The maximum Gasteiger partial charge on any atom is 0.240 e. The van der Waals surface area contributed by atoms with Crippen molar-refractivity contribution in [3.8, 4) is 0 Å². The predicted octanol–water partition coefficient (Wildman–Crippen LogP) is 2.27. The second-order valence-corrected chi connectivity index (χ2v) is 8.20. The summed E-state index contributed by atoms with van der Waals surface area (Å²) in [5, 5.41) is 0.547. The summed E-state index contributed by atoms with van der Waals surface area (Å²) in [6.45, 7) is 6.26. The Morgan fingerprint density at radius 3 is 2.70 bits per heavy atom. The molecule has 2 rings (SSSR count). The van der Waals surface area contributed by atoms with Crippen molar-refractivity contribution in [1.29, 1.82) is 0 Å². The van der Waals surface area contributed by atoms with E-state index in [2.05, 4.69) is 23.6 Å². The highest BCUT2D eigenvalue weighted by Crippen LogP contribution is 2.29. The van der Waals surface area contributed by atoms with Crippen LogP contribution in [0.3, 0.4) is 0 Å². The van der Waals surface area contributed by atoms with Gasteiger partial charge < -0.3 is 4.90 Å². The third kappa shape index (κ3) is 3.52. The van der Waals surface area contributed by atoms with Crippen molar-refractivity contribution in [3.63, 3.8) is 0 Å². The van der Waals surface area contributed by atoms with Crippen LogP contribution in [0.2, 0.25) is 5.02 Å². The van der Waals surface area contributed by atoms with Crippen molar-refractivity contribution in [3.05, 3.63) is 28.8 Å². The Balaban J connectivity index is 2.12. The molecule has 0 bridgehead atoms. The average Bonchev–Trinajstić information content (AvgIpc) is 2.67. The van der Waals surface area contributed by atoms with Gasteiger partial charge in [0, 0.05) is 18.1 Å². The molecule has 1 unspecified atom stereocenters. The molecular formula is C14H21ClN2O2S. The highest BCUT2D eigenvalue weighted by molar-refractivity contribution is 7.89. The third-order valence-corrected chi connectivity index (χ3v) is 5.66. The van der Waals surface area contributed by atoms with Crippen LogP contribution in [-0.4, -0.2) is 40.0 Å². The van der Waals surface area contributed by atoms with Crippen LogP contribution in [0.25, 0.3) is 0 Å². The number of hydrogen-bond donors (Lipinski definition) is 1. The fourth-order valence-electron chi connectivity index (χ4n) is 2.68. The summed E-state index contributed by atoms with van der Waals surface area (Å²) < 4.78 is 27.5. The van der Waals surface area contributed by atoms with Gasteiger partial charge >= 0.3 is 0 Å². The Kier molecular flexibility index (Phi) is 4.44. The molecule has 1 aromatic rings. The molecular weight excluding hydrogens is 296 g/mol. The van der Waals surface area contributed by atoms with Gasteiger partial charge in [-0.1, -0.05) is 18.5 Å². The molecule has 1 aliphatic heterocycles. The Morgan fingerprint density at radius 2 is 2.15 bits per heavy atom. The summed E-state index contributed by atoms with van der Waals surface area (Å²) in [6, 6.07) is 4.83. The van der Waals surface area contributed by atoms with Crippen molar-refractivity contribution < 1.29 is 8.42 Å². The van der Waals surface area contributed by atoms with Crippen molar-refractivity contribution in [1.82, 2.24) is 9.62 Å². The van der Waals surface area contributed by atoms with E-state index in [1.54, 1.807) is 25.1 Å². The molecule has 1 saturated heterocycles. The molecule has 0 aliphatic carbocycles. The monoisotopic (exact) mass is 316 g/mol. The smallest absolute Gasteiger partial charge is 0.240 e. The lowest BCUT2D eigenvalue weighted by Gasteiger charge is -2.24. The van der Waals surface area contributed by atoms with E-state index in [0.29, 0.717) is 22.0 Å². The van der Waals surface area contributed by atoms with Crippen LogP contribution in [0.5, 0.6) is 0 Å². The molecule has 4 nitrogen and oxygen atoms in total. The first-order valence-electron chi connectivity index (χ1n) is 6.66. The van der Waals surface area contributed by atoms with Crippen LogP contribution in [0.15, 0.2) is 23.1 Å². The van der Waals surface area contributed by atoms with Crippen LogP contribution < -0.4 is 4.72 Å². The van der Waals surface area contributed by atoms with Gasteiger partial charge in [0.05, 0.1) is 4.90 Å². The number of halogens is 1. The molecule has 112 valence electrons. The second kappa shape index (κ2) is 5.64. The molecule has 0 spiro atoms. The van der Waals surface area contributed by atoms with Crippen LogP contribution in [0.4, 0.5) is 0 Å². The Labute approximate surface area is 126 Å². The topological polar surface area (TPSA) is 49.4 Å². The molecule has 6 heteroatoms. The van der Waals surface area contributed by atoms with Crippen molar-refractivity contribution in [2.45, 2.75) is 25.2 Å². The maximum atomic E-state index is 12.4. The van der Waals surface area contributed by atoms with E-state index in [-0.39, 0.29) is 5.41 Å². The zero-order valence-corrected chi connectivity index (χ0v) is 13.7. The van der Waals surface area contributed by atoms with E-state index >= 15 is 0 Å². The first kappa shape index (κ1) is 15.8. The predicted molar refractivity (Wildman–Crippen MR) is 81.6 cm³/mol. The van der Waals surface area contributed by atoms with Crippen LogP contribution in [0, 0.1) is 12.3 Å². The largest absolute Gasteiger partial charge is 0.306 e. The molecule has 1 aromatic carbocycles. The normalized spacial score (nSPS) is 24.2. The zero-order valence-electron chi connectivity index (χ0n) is 12.1. The number of hydrogen-bond acceptors (Lipinski definition) is 3. The van der Waals surface area contributed by atoms with E-state index in [1.165, 1.54) is 0 Å². The van der Waals surface area contributed by atoms with Gasteiger partial charge in [-0.15, -0.1) is 0 Å². The maximum absolute atomic E-state index is 12.4. The fourth-order valence-corrected chi connectivity index (χ4v) is 4.33. The molecule has 1 atom stereocenters. The van der Waals surface area contributed by atoms with E-state index in [9.17, 15) is 8.42 Å². The number of nitrogens with one attached hydrogen (secondary N) is 1. The standard InChI is InChI=1S/C14H21ClN2O2S/c1-11-8-12(15)4-5-13(11)20(18,19)16-9-14(2)6-7-17(3)10-14/h4-5,8,16H,6-7,9-10H2,1-3H3. The number of sulfonamides is 1. The first-order valence-corrected chi connectivity index (χ1v) is 8.52. The van der Waals surface area contributed by atoms with Gasteiger partial charge in [0.15, 0.2) is 0 Å². The molecule has 0 amide bonds. The lowest BCUT2D eigenvalue weighted by atomic mass is 9.90.